The predicted octanol–water partition coefficient (Wildman–Crippen LogP) is 3.31. The topological polar surface area (TPSA) is 65.3 Å². The van der Waals surface area contributed by atoms with Gasteiger partial charge in [0.1, 0.15) is 16.3 Å². The third kappa shape index (κ3) is 3.25. The van der Waals surface area contributed by atoms with E-state index in [0.29, 0.717) is 31.0 Å². The van der Waals surface area contributed by atoms with E-state index >= 15 is 0 Å². The van der Waals surface area contributed by atoms with Crippen molar-refractivity contribution in [2.75, 3.05) is 19.6 Å². The van der Waals surface area contributed by atoms with Crippen molar-refractivity contribution in [3.05, 3.63) is 54.1 Å². The molecule has 0 N–H and O–H groups in total. The van der Waals surface area contributed by atoms with E-state index < -0.39 is 10.0 Å². The maximum atomic E-state index is 13.2. The molecule has 1 fully saturated rings. The average Bonchev–Trinajstić information content (AvgIpc) is 3.11. The molecule has 2 aliphatic rings. The van der Waals surface area contributed by atoms with Crippen LogP contribution in [0.2, 0.25) is 0 Å². The Hall–Kier alpha value is -1.87. The van der Waals surface area contributed by atoms with Gasteiger partial charge in [-0.05, 0) is 24.6 Å². The van der Waals surface area contributed by atoms with Crippen LogP contribution < -0.4 is 0 Å². The molecule has 26 heavy (non-hydrogen) atoms. The number of nitrogens with zero attached hydrogens (tertiary/aromatic N) is 4. The number of fused-ring (bicyclic) bond motifs is 1. The van der Waals surface area contributed by atoms with Crippen LogP contribution in [-0.2, 0) is 27.9 Å². The zero-order valence-electron chi connectivity index (χ0n) is 14.4. The first-order valence-electron chi connectivity index (χ1n) is 8.55. The molecule has 6 nitrogen and oxygen atoms in total. The summed E-state index contributed by atoms with van der Waals surface area (Å²) in [5, 5.41) is 0. The van der Waals surface area contributed by atoms with Crippen LogP contribution in [0.25, 0.3) is 0 Å². The van der Waals surface area contributed by atoms with Crippen LogP contribution in [0.4, 0.5) is 11.4 Å². The van der Waals surface area contributed by atoms with Crippen LogP contribution in [0.3, 0.4) is 0 Å². The largest absolute Gasteiger partial charge is 0.296 e. The Labute approximate surface area is 157 Å². The zero-order chi connectivity index (χ0) is 18.1. The molecule has 0 amide bonds. The van der Waals surface area contributed by atoms with E-state index in [0.717, 1.165) is 17.9 Å². The molecule has 0 aliphatic carbocycles. The summed E-state index contributed by atoms with van der Waals surface area (Å²) in [6, 6.07) is 15.3. The summed E-state index contributed by atoms with van der Waals surface area (Å²) in [5.74, 6) is 0. The van der Waals surface area contributed by atoms with Crippen LogP contribution in [0, 0.1) is 0 Å². The maximum absolute atomic E-state index is 13.2. The van der Waals surface area contributed by atoms with E-state index in [-0.39, 0.29) is 10.9 Å². The lowest BCUT2D eigenvalue weighted by Crippen LogP contribution is -2.53. The fraction of sp³-hybridized carbons (Fsp3) is 0.333. The van der Waals surface area contributed by atoms with E-state index in [2.05, 4.69) is 25.8 Å². The number of piperazine rings is 1. The Balaban J connectivity index is 1.53. The van der Waals surface area contributed by atoms with Gasteiger partial charge < -0.3 is 0 Å². The molecular formula is C18H20N4O2S2. The van der Waals surface area contributed by atoms with Crippen molar-refractivity contribution in [3.8, 4) is 0 Å². The van der Waals surface area contributed by atoms with E-state index in [1.807, 2.05) is 25.1 Å². The number of rotatable bonds is 4. The summed E-state index contributed by atoms with van der Waals surface area (Å²) in [6.45, 7) is 4.70. The molecule has 0 spiro atoms. The minimum Gasteiger partial charge on any atom is -0.296 e. The van der Waals surface area contributed by atoms with Crippen LogP contribution >= 0.6 is 0 Å². The highest BCUT2D eigenvalue weighted by molar-refractivity contribution is 7.89. The summed E-state index contributed by atoms with van der Waals surface area (Å²) >= 11 is 1.04. The molecule has 136 valence electrons. The molecule has 2 aromatic rings. The monoisotopic (exact) mass is 388 g/mol. The van der Waals surface area contributed by atoms with E-state index in [9.17, 15) is 8.42 Å². The molecule has 8 heteroatoms. The van der Waals surface area contributed by atoms with Gasteiger partial charge in [0.05, 0.1) is 11.4 Å². The fourth-order valence-electron chi connectivity index (χ4n) is 3.47. The van der Waals surface area contributed by atoms with Crippen LogP contribution in [-0.4, -0.2) is 43.3 Å². The highest BCUT2D eigenvalue weighted by Gasteiger charge is 2.35. The molecule has 2 aliphatic heterocycles. The Morgan fingerprint density at radius 1 is 1.08 bits per heavy atom. The number of sulfonamides is 1. The smallest absolute Gasteiger partial charge is 0.245 e. The van der Waals surface area contributed by atoms with Gasteiger partial charge in [-0.3, -0.25) is 4.90 Å². The molecular weight excluding hydrogens is 368 g/mol. The van der Waals surface area contributed by atoms with E-state index in [4.69, 9.17) is 0 Å². The maximum Gasteiger partial charge on any atom is 0.245 e. The molecule has 0 aromatic heterocycles. The zero-order valence-corrected chi connectivity index (χ0v) is 16.1. The summed E-state index contributed by atoms with van der Waals surface area (Å²) < 4.78 is 36.4. The Bertz CT molecular complexity index is 986. The lowest BCUT2D eigenvalue weighted by atomic mass is 10.1. The lowest BCUT2D eigenvalue weighted by Gasteiger charge is -2.39. The average molecular weight is 389 g/mol. The van der Waals surface area contributed by atoms with Gasteiger partial charge in [-0.25, -0.2) is 8.42 Å². The Morgan fingerprint density at radius 3 is 2.65 bits per heavy atom. The normalized spacial score (nSPS) is 20.7. The molecule has 0 unspecified atom stereocenters. The van der Waals surface area contributed by atoms with Crippen molar-refractivity contribution in [2.24, 2.45) is 8.73 Å². The molecule has 1 saturated heterocycles. The van der Waals surface area contributed by atoms with Gasteiger partial charge >= 0.3 is 0 Å². The van der Waals surface area contributed by atoms with Crippen LogP contribution in [0.5, 0.6) is 0 Å². The minimum atomic E-state index is -3.59. The third-order valence-electron chi connectivity index (χ3n) is 4.74. The predicted molar refractivity (Wildman–Crippen MR) is 103 cm³/mol. The van der Waals surface area contributed by atoms with Gasteiger partial charge in [-0.15, -0.1) is 0 Å². The quantitative estimate of drug-likeness (QED) is 0.689. The van der Waals surface area contributed by atoms with Crippen LogP contribution in [0.1, 0.15) is 12.5 Å². The molecule has 4 rings (SSSR count). The number of hydrogen-bond donors (Lipinski definition) is 0. The Kier molecular flexibility index (Phi) is 4.74. The molecule has 2 aromatic carbocycles. The van der Waals surface area contributed by atoms with Gasteiger partial charge in [-0.2, -0.15) is 13.0 Å². The first kappa shape index (κ1) is 17.5. The first-order valence-corrected chi connectivity index (χ1v) is 10.7. The SMILES string of the molecule is C[C@@H]1CN(Cc2ccccc2)CCN1S(=O)(=O)c1cccc2c1N=S=N2. The standard InChI is InChI=1S/C18H20N4O2S2/c1-14-12-21(13-15-6-3-2-4-7-15)10-11-22(14)26(23,24)17-9-5-8-16-18(17)20-25-19-16/h2-9,14H,10-13H2,1H3/t14-/m1/s1. The van der Waals surface area contributed by atoms with Crippen molar-refractivity contribution in [1.29, 1.82) is 0 Å². The highest BCUT2D eigenvalue weighted by Crippen LogP contribution is 2.39. The van der Waals surface area contributed by atoms with Gasteiger partial charge in [-0.1, -0.05) is 36.4 Å². The third-order valence-corrected chi connectivity index (χ3v) is 7.32. The van der Waals surface area contributed by atoms with Crippen molar-refractivity contribution < 1.29 is 8.42 Å². The van der Waals surface area contributed by atoms with E-state index in [1.165, 1.54) is 5.56 Å². The second-order valence-electron chi connectivity index (χ2n) is 6.57. The summed E-state index contributed by atoms with van der Waals surface area (Å²) in [7, 11) is -3.59. The summed E-state index contributed by atoms with van der Waals surface area (Å²) in [5.41, 5.74) is 2.34. The lowest BCUT2D eigenvalue weighted by molar-refractivity contribution is 0.138. The van der Waals surface area contributed by atoms with E-state index in [1.54, 1.807) is 22.5 Å². The molecule has 2 heterocycles. The minimum absolute atomic E-state index is 0.0979. The van der Waals surface area contributed by atoms with Crippen molar-refractivity contribution in [2.45, 2.75) is 24.4 Å². The van der Waals surface area contributed by atoms with Gasteiger partial charge in [0.25, 0.3) is 0 Å². The molecule has 0 bridgehead atoms. The Morgan fingerprint density at radius 2 is 1.88 bits per heavy atom. The molecule has 0 radical (unpaired) electrons. The summed E-state index contributed by atoms with van der Waals surface area (Å²) in [4.78, 5) is 2.56. The number of hydrogen-bond acceptors (Lipinski definition) is 5. The first-order chi connectivity index (χ1) is 12.6. The highest BCUT2D eigenvalue weighted by atomic mass is 32.2. The van der Waals surface area contributed by atoms with Crippen molar-refractivity contribution in [3.63, 3.8) is 0 Å². The van der Waals surface area contributed by atoms with Crippen molar-refractivity contribution in [1.82, 2.24) is 9.21 Å². The number of benzene rings is 2. The second kappa shape index (κ2) is 7.03. The fourth-order valence-corrected chi connectivity index (χ4v) is 5.84. The second-order valence-corrected chi connectivity index (χ2v) is 8.96. The molecule has 0 saturated carbocycles. The molecule has 1 atom stereocenters. The van der Waals surface area contributed by atoms with Gasteiger partial charge in [0.2, 0.25) is 10.0 Å². The van der Waals surface area contributed by atoms with Crippen LogP contribution in [0.15, 0.2) is 62.2 Å². The van der Waals surface area contributed by atoms with Gasteiger partial charge in [0.15, 0.2) is 0 Å². The summed E-state index contributed by atoms with van der Waals surface area (Å²) in [6.07, 6.45) is 0. The van der Waals surface area contributed by atoms with Crippen molar-refractivity contribution >= 4 is 32.8 Å². The van der Waals surface area contributed by atoms with Gasteiger partial charge in [0, 0.05) is 32.2 Å².